The van der Waals surface area contributed by atoms with E-state index in [2.05, 4.69) is 5.32 Å². The molecule has 1 fully saturated rings. The Morgan fingerprint density at radius 2 is 1.92 bits per heavy atom. The van der Waals surface area contributed by atoms with Crippen molar-refractivity contribution in [2.24, 2.45) is 0 Å². The molecule has 2 N–H and O–H groups in total. The van der Waals surface area contributed by atoms with Gasteiger partial charge in [-0.15, -0.1) is 0 Å². The molecule has 1 heterocycles. The first-order valence-corrected chi connectivity index (χ1v) is 8.74. The molecule has 142 valence electrons. The number of carboxylic acid groups (broad SMARTS) is 1. The Balaban J connectivity index is 2.17. The largest absolute Gasteiger partial charge is 0.480 e. The van der Waals surface area contributed by atoms with Gasteiger partial charge < -0.3 is 20.1 Å². The lowest BCUT2D eigenvalue weighted by Crippen LogP contribution is -2.53. The third-order valence-electron chi connectivity index (χ3n) is 4.09. The first-order valence-electron chi connectivity index (χ1n) is 8.74. The number of carbonyl (C=O) groups is 3. The molecule has 7 nitrogen and oxygen atoms in total. The van der Waals surface area contributed by atoms with E-state index in [1.165, 1.54) is 4.90 Å². The number of amides is 2. The second-order valence-electron chi connectivity index (χ2n) is 7.42. The summed E-state index contributed by atoms with van der Waals surface area (Å²) in [5.74, 6) is -1.42. The summed E-state index contributed by atoms with van der Waals surface area (Å²) in [6.07, 6.45) is 0.624. The van der Waals surface area contributed by atoms with E-state index in [0.717, 1.165) is 5.56 Å². The summed E-state index contributed by atoms with van der Waals surface area (Å²) in [5.41, 5.74) is 0.176. The fourth-order valence-corrected chi connectivity index (χ4v) is 2.99. The molecule has 0 aromatic heterocycles. The molecule has 7 heteroatoms. The Labute approximate surface area is 153 Å². The van der Waals surface area contributed by atoms with Crippen LogP contribution in [0, 0.1) is 0 Å². The van der Waals surface area contributed by atoms with Gasteiger partial charge in [-0.05, 0) is 39.2 Å². The topological polar surface area (TPSA) is 95.9 Å². The minimum Gasteiger partial charge on any atom is -0.480 e. The maximum Gasteiger partial charge on any atom is 0.408 e. The van der Waals surface area contributed by atoms with Gasteiger partial charge in [0.05, 0.1) is 0 Å². The predicted octanol–water partition coefficient (Wildman–Crippen LogP) is 2.20. The zero-order chi connectivity index (χ0) is 19.3. The molecule has 1 saturated heterocycles. The highest BCUT2D eigenvalue weighted by molar-refractivity contribution is 5.90. The second-order valence-corrected chi connectivity index (χ2v) is 7.42. The fourth-order valence-electron chi connectivity index (χ4n) is 2.99. The van der Waals surface area contributed by atoms with Crippen LogP contribution in [-0.2, 0) is 20.7 Å². The lowest BCUT2D eigenvalue weighted by atomic mass is 10.0. The summed E-state index contributed by atoms with van der Waals surface area (Å²) in [6.45, 7) is 5.59. The van der Waals surface area contributed by atoms with Crippen LogP contribution in [0.25, 0.3) is 0 Å². The highest BCUT2D eigenvalue weighted by Crippen LogP contribution is 2.20. The number of carboxylic acids is 1. The minimum absolute atomic E-state index is 0.266. The van der Waals surface area contributed by atoms with E-state index in [1.807, 2.05) is 30.3 Å². The quantitative estimate of drug-likeness (QED) is 0.837. The normalized spacial score (nSPS) is 18.3. The predicted molar refractivity (Wildman–Crippen MR) is 95.7 cm³/mol. The number of ether oxygens (including phenoxy) is 1. The van der Waals surface area contributed by atoms with Gasteiger partial charge in [-0.2, -0.15) is 0 Å². The lowest BCUT2D eigenvalue weighted by Gasteiger charge is -2.28. The van der Waals surface area contributed by atoms with Gasteiger partial charge in [0.15, 0.2) is 0 Å². The van der Waals surface area contributed by atoms with Crippen LogP contribution in [0.4, 0.5) is 4.79 Å². The van der Waals surface area contributed by atoms with Crippen molar-refractivity contribution in [3.8, 4) is 0 Å². The van der Waals surface area contributed by atoms with Crippen LogP contribution in [0.3, 0.4) is 0 Å². The molecule has 1 aromatic carbocycles. The first-order chi connectivity index (χ1) is 12.2. The van der Waals surface area contributed by atoms with Crippen LogP contribution in [0.5, 0.6) is 0 Å². The molecular formula is C19H26N2O5. The van der Waals surface area contributed by atoms with E-state index < -0.39 is 35.7 Å². The first kappa shape index (κ1) is 19.8. The molecule has 2 amide bonds. The van der Waals surface area contributed by atoms with Gasteiger partial charge in [-0.3, -0.25) is 4.79 Å². The van der Waals surface area contributed by atoms with Gasteiger partial charge in [0.25, 0.3) is 0 Å². The van der Waals surface area contributed by atoms with E-state index in [1.54, 1.807) is 20.8 Å². The Kier molecular flexibility index (Phi) is 6.23. The average Bonchev–Trinajstić information content (AvgIpc) is 3.02. The Bertz CT molecular complexity index is 654. The minimum atomic E-state index is -1.02. The van der Waals surface area contributed by atoms with Crippen LogP contribution in [-0.4, -0.2) is 52.2 Å². The molecule has 2 atom stereocenters. The summed E-state index contributed by atoms with van der Waals surface area (Å²) in [5, 5.41) is 11.9. The molecule has 26 heavy (non-hydrogen) atoms. The van der Waals surface area contributed by atoms with Crippen molar-refractivity contribution in [3.05, 3.63) is 35.9 Å². The Hall–Kier alpha value is -2.57. The molecule has 0 aliphatic carbocycles. The number of likely N-dealkylation sites (tertiary alicyclic amines) is 1. The van der Waals surface area contributed by atoms with Gasteiger partial charge in [-0.1, -0.05) is 30.3 Å². The summed E-state index contributed by atoms with van der Waals surface area (Å²) in [6, 6.07) is 7.54. The molecule has 1 aromatic rings. The maximum atomic E-state index is 13.0. The molecular weight excluding hydrogens is 336 g/mol. The van der Waals surface area contributed by atoms with Crippen LogP contribution in [0.2, 0.25) is 0 Å². The van der Waals surface area contributed by atoms with Gasteiger partial charge in [0, 0.05) is 13.0 Å². The van der Waals surface area contributed by atoms with Crippen molar-refractivity contribution in [3.63, 3.8) is 0 Å². The fraction of sp³-hybridized carbons (Fsp3) is 0.526. The third kappa shape index (κ3) is 5.47. The number of nitrogens with one attached hydrogen (secondary N) is 1. The maximum absolute atomic E-state index is 13.0. The van der Waals surface area contributed by atoms with E-state index in [9.17, 15) is 19.5 Å². The smallest absolute Gasteiger partial charge is 0.408 e. The number of rotatable bonds is 5. The number of hydrogen-bond donors (Lipinski definition) is 2. The summed E-state index contributed by atoms with van der Waals surface area (Å²) in [4.78, 5) is 37.9. The molecule has 0 unspecified atom stereocenters. The van der Waals surface area contributed by atoms with Crippen molar-refractivity contribution in [2.75, 3.05) is 6.54 Å². The van der Waals surface area contributed by atoms with Crippen molar-refractivity contribution < 1.29 is 24.2 Å². The summed E-state index contributed by atoms with van der Waals surface area (Å²) >= 11 is 0. The number of nitrogens with zero attached hydrogens (tertiary/aromatic N) is 1. The van der Waals surface area contributed by atoms with E-state index >= 15 is 0 Å². The zero-order valence-corrected chi connectivity index (χ0v) is 15.4. The van der Waals surface area contributed by atoms with Crippen molar-refractivity contribution in [1.82, 2.24) is 10.2 Å². The molecule has 1 aliphatic rings. The third-order valence-corrected chi connectivity index (χ3v) is 4.09. The molecule has 0 radical (unpaired) electrons. The van der Waals surface area contributed by atoms with Crippen molar-refractivity contribution >= 4 is 18.0 Å². The zero-order valence-electron chi connectivity index (χ0n) is 15.4. The number of carbonyl (C=O) groups excluding carboxylic acids is 2. The van der Waals surface area contributed by atoms with Gasteiger partial charge in [0.2, 0.25) is 5.91 Å². The van der Waals surface area contributed by atoms with Gasteiger partial charge in [-0.25, -0.2) is 9.59 Å². The van der Waals surface area contributed by atoms with Crippen molar-refractivity contribution in [2.45, 2.75) is 57.7 Å². The average molecular weight is 362 g/mol. The monoisotopic (exact) mass is 362 g/mol. The molecule has 2 rings (SSSR count). The number of alkyl carbamates (subject to hydrolysis) is 1. The second kappa shape index (κ2) is 8.21. The number of hydrogen-bond acceptors (Lipinski definition) is 4. The molecule has 0 saturated carbocycles. The Morgan fingerprint density at radius 1 is 1.27 bits per heavy atom. The standard InChI is InChI=1S/C19H26N2O5/c1-19(2,3)26-18(25)20-14(12-13-8-5-4-6-9-13)16(22)21-11-7-10-15(21)17(23)24/h4-6,8-9,14-15H,7,10-12H2,1-3H3,(H,20,25)(H,23,24)/t14-,15+/m1/s1. The van der Waals surface area contributed by atoms with Crippen LogP contribution >= 0.6 is 0 Å². The number of benzene rings is 1. The van der Waals surface area contributed by atoms with Crippen molar-refractivity contribution in [1.29, 1.82) is 0 Å². The molecule has 0 bridgehead atoms. The Morgan fingerprint density at radius 3 is 2.50 bits per heavy atom. The van der Waals surface area contributed by atoms with Gasteiger partial charge >= 0.3 is 12.1 Å². The van der Waals surface area contributed by atoms with Crippen LogP contribution < -0.4 is 5.32 Å². The van der Waals surface area contributed by atoms with E-state index in [0.29, 0.717) is 19.4 Å². The number of aliphatic carboxylic acids is 1. The molecule has 0 spiro atoms. The lowest BCUT2D eigenvalue weighted by molar-refractivity contribution is -0.149. The SMILES string of the molecule is CC(C)(C)OC(=O)N[C@H](Cc1ccccc1)C(=O)N1CCC[C@H]1C(=O)O. The highest BCUT2D eigenvalue weighted by Gasteiger charge is 2.38. The van der Waals surface area contributed by atoms with E-state index in [-0.39, 0.29) is 6.42 Å². The molecule has 1 aliphatic heterocycles. The highest BCUT2D eigenvalue weighted by atomic mass is 16.6. The van der Waals surface area contributed by atoms with Crippen LogP contribution in [0.1, 0.15) is 39.2 Å². The van der Waals surface area contributed by atoms with Crippen LogP contribution in [0.15, 0.2) is 30.3 Å². The van der Waals surface area contributed by atoms with Gasteiger partial charge in [0.1, 0.15) is 17.7 Å². The summed E-state index contributed by atoms with van der Waals surface area (Å²) in [7, 11) is 0. The summed E-state index contributed by atoms with van der Waals surface area (Å²) < 4.78 is 5.26. The van der Waals surface area contributed by atoms with E-state index in [4.69, 9.17) is 4.74 Å².